The van der Waals surface area contributed by atoms with Crippen molar-refractivity contribution in [3.63, 3.8) is 0 Å². The number of aromatic nitrogens is 4. The topological polar surface area (TPSA) is 72.7 Å². The lowest BCUT2D eigenvalue weighted by Crippen LogP contribution is -2.25. The Bertz CT molecular complexity index is 1530. The summed E-state index contributed by atoms with van der Waals surface area (Å²) in [5, 5.41) is 2.94. The molecule has 3 aromatic carbocycles. The second-order valence-corrected chi connectivity index (χ2v) is 8.42. The van der Waals surface area contributed by atoms with Crippen LogP contribution in [0.5, 0.6) is 0 Å². The van der Waals surface area contributed by atoms with Crippen molar-refractivity contribution >= 4 is 16.9 Å². The second-order valence-electron chi connectivity index (χ2n) is 8.42. The Hall–Kier alpha value is -4.46. The summed E-state index contributed by atoms with van der Waals surface area (Å²) in [6.45, 7) is 3.23. The number of carbonyl (C=O) groups is 1. The van der Waals surface area contributed by atoms with Gasteiger partial charge >= 0.3 is 0 Å². The van der Waals surface area contributed by atoms with E-state index in [1.165, 1.54) is 24.3 Å². The van der Waals surface area contributed by atoms with Crippen LogP contribution in [0.25, 0.3) is 33.5 Å². The predicted octanol–water partition coefficient (Wildman–Crippen LogP) is 5.57. The molecule has 2 aromatic heterocycles. The van der Waals surface area contributed by atoms with Crippen LogP contribution in [-0.2, 0) is 6.54 Å². The van der Waals surface area contributed by atoms with Gasteiger partial charge in [-0.25, -0.2) is 23.7 Å². The van der Waals surface area contributed by atoms with Gasteiger partial charge in [-0.15, -0.1) is 0 Å². The molecule has 1 N–H and O–H groups in total. The van der Waals surface area contributed by atoms with Crippen LogP contribution in [0, 0.1) is 18.6 Å². The molecule has 1 amide bonds. The first-order valence-corrected chi connectivity index (χ1v) is 11.6. The molecule has 5 aromatic rings. The number of hydrogen-bond donors (Lipinski definition) is 1. The van der Waals surface area contributed by atoms with Crippen LogP contribution in [-0.4, -0.2) is 32.0 Å². The van der Waals surface area contributed by atoms with Gasteiger partial charge in [-0.05, 0) is 80.1 Å². The minimum atomic E-state index is -0.363. The number of carbonyl (C=O) groups excluding carboxylic acids is 1. The van der Waals surface area contributed by atoms with Gasteiger partial charge in [0.2, 0.25) is 0 Å². The Balaban J connectivity index is 1.43. The number of aryl methyl sites for hydroxylation is 2. The maximum absolute atomic E-state index is 13.6. The van der Waals surface area contributed by atoms with E-state index in [4.69, 9.17) is 9.97 Å². The molecule has 5 rings (SSSR count). The number of rotatable bonds is 7. The lowest BCUT2D eigenvalue weighted by atomic mass is 10.0. The first-order chi connectivity index (χ1) is 17.5. The van der Waals surface area contributed by atoms with Gasteiger partial charge in [-0.3, -0.25) is 4.79 Å². The van der Waals surface area contributed by atoms with Crippen molar-refractivity contribution < 1.29 is 13.6 Å². The highest BCUT2D eigenvalue weighted by Crippen LogP contribution is 2.31. The molecule has 0 fully saturated rings. The lowest BCUT2D eigenvalue weighted by molar-refractivity contribution is 0.0953. The van der Waals surface area contributed by atoms with E-state index in [9.17, 15) is 13.6 Å². The highest BCUT2D eigenvalue weighted by molar-refractivity contribution is 5.98. The van der Waals surface area contributed by atoms with Gasteiger partial charge in [-0.2, -0.15) is 0 Å². The molecule has 2 heterocycles. The number of benzene rings is 3. The van der Waals surface area contributed by atoms with Crippen LogP contribution in [0.15, 0.2) is 79.1 Å². The smallest absolute Gasteiger partial charge is 0.251 e. The van der Waals surface area contributed by atoms with Crippen molar-refractivity contribution in [1.29, 1.82) is 0 Å². The third-order valence-electron chi connectivity index (χ3n) is 5.95. The number of imidazole rings is 1. The van der Waals surface area contributed by atoms with Crippen molar-refractivity contribution in [1.82, 2.24) is 24.8 Å². The molecular weight excluding hydrogens is 460 g/mol. The molecular formula is C28H23F2N5O. The highest BCUT2D eigenvalue weighted by atomic mass is 19.1. The molecule has 0 bridgehead atoms. The summed E-state index contributed by atoms with van der Waals surface area (Å²) in [4.78, 5) is 26.5. The van der Waals surface area contributed by atoms with Gasteiger partial charge in [-0.1, -0.05) is 0 Å². The summed E-state index contributed by atoms with van der Waals surface area (Å²) < 4.78 is 29.1. The minimum absolute atomic E-state index is 0.202. The predicted molar refractivity (Wildman–Crippen MR) is 134 cm³/mol. The van der Waals surface area contributed by atoms with Gasteiger partial charge < -0.3 is 9.88 Å². The Morgan fingerprint density at radius 3 is 2.06 bits per heavy atom. The summed E-state index contributed by atoms with van der Waals surface area (Å²) in [7, 11) is 0. The van der Waals surface area contributed by atoms with Gasteiger partial charge in [0.15, 0.2) is 0 Å². The molecule has 0 aliphatic carbocycles. The SMILES string of the molecule is Cc1nccn1CCCNC(=O)c1ccc2nc(-c3ccc(F)cc3)c(-c3ccc(F)cc3)nc2c1. The summed E-state index contributed by atoms with van der Waals surface area (Å²) in [6, 6.07) is 17.1. The summed E-state index contributed by atoms with van der Waals surface area (Å²) in [6.07, 6.45) is 4.44. The van der Waals surface area contributed by atoms with Crippen LogP contribution >= 0.6 is 0 Å². The summed E-state index contributed by atoms with van der Waals surface area (Å²) in [5.74, 6) is 0.0167. The Labute approximate surface area is 206 Å². The van der Waals surface area contributed by atoms with E-state index in [-0.39, 0.29) is 17.5 Å². The van der Waals surface area contributed by atoms with E-state index in [2.05, 4.69) is 10.3 Å². The van der Waals surface area contributed by atoms with Gasteiger partial charge in [0.05, 0.1) is 22.4 Å². The van der Waals surface area contributed by atoms with Crippen molar-refractivity contribution in [3.8, 4) is 22.5 Å². The molecule has 0 radical (unpaired) electrons. The Morgan fingerprint density at radius 2 is 1.47 bits per heavy atom. The molecule has 0 aliphatic heterocycles. The third kappa shape index (κ3) is 4.98. The second kappa shape index (κ2) is 10.0. The van der Waals surface area contributed by atoms with Crippen LogP contribution in [0.2, 0.25) is 0 Å². The monoisotopic (exact) mass is 483 g/mol. The average molecular weight is 484 g/mol. The molecule has 0 atom stereocenters. The quantitative estimate of drug-likeness (QED) is 0.307. The van der Waals surface area contributed by atoms with Crippen LogP contribution < -0.4 is 5.32 Å². The fourth-order valence-corrected chi connectivity index (χ4v) is 4.01. The summed E-state index contributed by atoms with van der Waals surface area (Å²) in [5.41, 5.74) is 3.99. The van der Waals surface area contributed by atoms with Crippen molar-refractivity contribution in [2.45, 2.75) is 19.9 Å². The zero-order chi connectivity index (χ0) is 25.1. The van der Waals surface area contributed by atoms with E-state index in [0.717, 1.165) is 18.8 Å². The van der Waals surface area contributed by atoms with E-state index >= 15 is 0 Å². The number of amides is 1. The van der Waals surface area contributed by atoms with Gasteiger partial charge in [0.1, 0.15) is 17.5 Å². The molecule has 0 aliphatic rings. The van der Waals surface area contributed by atoms with E-state index in [1.807, 2.05) is 17.7 Å². The standard InChI is InChI=1S/C28H23F2N5O/c1-18-31-14-16-35(18)15-2-13-32-28(36)21-7-12-24-25(17-21)34-27(20-5-10-23(30)11-6-20)26(33-24)19-3-8-22(29)9-4-19/h3-12,14,16-17H,2,13,15H2,1H3,(H,32,36). The zero-order valence-electron chi connectivity index (χ0n) is 19.6. The molecule has 6 nitrogen and oxygen atoms in total. The van der Waals surface area contributed by atoms with Gasteiger partial charge in [0, 0.05) is 42.2 Å². The fraction of sp³-hybridized carbons (Fsp3) is 0.143. The highest BCUT2D eigenvalue weighted by Gasteiger charge is 2.15. The van der Waals surface area contributed by atoms with E-state index < -0.39 is 0 Å². The molecule has 0 spiro atoms. The first kappa shape index (κ1) is 23.3. The normalized spacial score (nSPS) is 11.1. The Morgan fingerprint density at radius 1 is 0.861 bits per heavy atom. The molecule has 0 unspecified atom stereocenters. The number of halogens is 2. The average Bonchev–Trinajstić information content (AvgIpc) is 3.30. The molecule has 8 heteroatoms. The lowest BCUT2D eigenvalue weighted by Gasteiger charge is -2.12. The first-order valence-electron chi connectivity index (χ1n) is 11.6. The molecule has 0 saturated heterocycles. The molecule has 36 heavy (non-hydrogen) atoms. The van der Waals surface area contributed by atoms with Crippen molar-refractivity contribution in [2.24, 2.45) is 0 Å². The van der Waals surface area contributed by atoms with Crippen molar-refractivity contribution in [3.05, 3.63) is 102 Å². The van der Waals surface area contributed by atoms with Gasteiger partial charge in [0.25, 0.3) is 5.91 Å². The molecule has 0 saturated carbocycles. The van der Waals surface area contributed by atoms with Crippen LogP contribution in [0.4, 0.5) is 8.78 Å². The zero-order valence-corrected chi connectivity index (χ0v) is 19.6. The maximum Gasteiger partial charge on any atom is 0.251 e. The van der Waals surface area contributed by atoms with Crippen molar-refractivity contribution in [2.75, 3.05) is 6.54 Å². The maximum atomic E-state index is 13.6. The minimum Gasteiger partial charge on any atom is -0.352 e. The molecule has 180 valence electrons. The third-order valence-corrected chi connectivity index (χ3v) is 5.95. The number of hydrogen-bond acceptors (Lipinski definition) is 4. The number of nitrogens with one attached hydrogen (secondary N) is 1. The van der Waals surface area contributed by atoms with Crippen LogP contribution in [0.1, 0.15) is 22.6 Å². The number of nitrogens with zero attached hydrogens (tertiary/aromatic N) is 4. The number of fused-ring (bicyclic) bond motifs is 1. The van der Waals surface area contributed by atoms with E-state index in [1.54, 1.807) is 48.7 Å². The Kier molecular flexibility index (Phi) is 6.49. The largest absolute Gasteiger partial charge is 0.352 e. The summed E-state index contributed by atoms with van der Waals surface area (Å²) >= 11 is 0. The van der Waals surface area contributed by atoms with Crippen LogP contribution in [0.3, 0.4) is 0 Å². The van der Waals surface area contributed by atoms with E-state index in [0.29, 0.717) is 45.7 Å². The fourth-order valence-electron chi connectivity index (χ4n) is 4.01.